The molecule has 1 aliphatic heterocycles. The van der Waals surface area contributed by atoms with E-state index in [-0.39, 0.29) is 10.8 Å². The molecular weight excluding hydrogens is 400 g/mol. The van der Waals surface area contributed by atoms with Crippen LogP contribution >= 0.6 is 11.8 Å². The van der Waals surface area contributed by atoms with Crippen molar-refractivity contribution in [2.75, 3.05) is 20.2 Å². The SMILES string of the molecule is CCCCN(CCCC)Cc1ccccc1C=N/N=C1/NC(=O)/C(=C\C(=O)OC)S1. The number of hydrogen-bond acceptors (Lipinski definition) is 7. The van der Waals surface area contributed by atoms with E-state index in [0.717, 1.165) is 43.0 Å². The number of methoxy groups -OCH3 is 1. The molecule has 30 heavy (non-hydrogen) atoms. The first kappa shape index (κ1) is 23.8. The Hall–Kier alpha value is -2.45. The van der Waals surface area contributed by atoms with Crippen LogP contribution < -0.4 is 5.32 Å². The number of carbonyl (C=O) groups excluding carboxylic acids is 2. The number of ether oxygens (including phenoxy) is 1. The Balaban J connectivity index is 2.07. The number of unbranched alkanes of at least 4 members (excludes halogenated alkanes) is 2. The summed E-state index contributed by atoms with van der Waals surface area (Å²) in [5.41, 5.74) is 2.20. The van der Waals surface area contributed by atoms with E-state index in [0.29, 0.717) is 5.17 Å². The molecule has 0 aliphatic carbocycles. The van der Waals surface area contributed by atoms with Crippen molar-refractivity contribution in [3.8, 4) is 0 Å². The maximum absolute atomic E-state index is 11.9. The van der Waals surface area contributed by atoms with Crippen molar-refractivity contribution in [1.82, 2.24) is 10.2 Å². The molecule has 0 spiro atoms. The fourth-order valence-electron chi connectivity index (χ4n) is 2.86. The minimum Gasteiger partial charge on any atom is -0.466 e. The fraction of sp³-hybridized carbons (Fsp3) is 0.455. The molecule has 7 nitrogen and oxygen atoms in total. The van der Waals surface area contributed by atoms with Crippen molar-refractivity contribution in [3.05, 3.63) is 46.4 Å². The van der Waals surface area contributed by atoms with E-state index in [2.05, 4.69) is 45.1 Å². The molecule has 0 unspecified atom stereocenters. The second kappa shape index (κ2) is 13.0. The van der Waals surface area contributed by atoms with Gasteiger partial charge >= 0.3 is 5.97 Å². The first-order chi connectivity index (χ1) is 14.6. The lowest BCUT2D eigenvalue weighted by atomic mass is 10.1. The van der Waals surface area contributed by atoms with Gasteiger partial charge in [0.2, 0.25) is 0 Å². The summed E-state index contributed by atoms with van der Waals surface area (Å²) in [4.78, 5) is 25.9. The van der Waals surface area contributed by atoms with E-state index in [1.807, 2.05) is 18.2 Å². The normalized spacial score (nSPS) is 16.7. The number of carbonyl (C=O) groups is 2. The van der Waals surface area contributed by atoms with E-state index in [4.69, 9.17) is 0 Å². The van der Waals surface area contributed by atoms with Crippen molar-refractivity contribution in [1.29, 1.82) is 0 Å². The van der Waals surface area contributed by atoms with Crippen LogP contribution in [0.15, 0.2) is 45.4 Å². The number of hydrogen-bond donors (Lipinski definition) is 1. The number of thioether (sulfide) groups is 1. The number of nitrogens with zero attached hydrogens (tertiary/aromatic N) is 3. The van der Waals surface area contributed by atoms with Gasteiger partial charge < -0.3 is 4.74 Å². The Kier molecular flexibility index (Phi) is 10.3. The summed E-state index contributed by atoms with van der Waals surface area (Å²) in [6, 6.07) is 8.14. The van der Waals surface area contributed by atoms with Gasteiger partial charge in [0.15, 0.2) is 5.17 Å². The average molecular weight is 431 g/mol. The number of rotatable bonds is 11. The summed E-state index contributed by atoms with van der Waals surface area (Å²) in [6.07, 6.45) is 7.58. The Labute approximate surface area is 182 Å². The van der Waals surface area contributed by atoms with Crippen molar-refractivity contribution in [2.24, 2.45) is 10.2 Å². The summed E-state index contributed by atoms with van der Waals surface area (Å²) in [5, 5.41) is 11.2. The van der Waals surface area contributed by atoms with Crippen molar-refractivity contribution in [2.45, 2.75) is 46.1 Å². The summed E-state index contributed by atoms with van der Waals surface area (Å²) in [5.74, 6) is -0.968. The fourth-order valence-corrected chi connectivity index (χ4v) is 3.60. The third kappa shape index (κ3) is 7.76. The number of benzene rings is 1. The summed E-state index contributed by atoms with van der Waals surface area (Å²) in [7, 11) is 1.26. The molecule has 1 aromatic carbocycles. The minimum atomic E-state index is -0.581. The highest BCUT2D eigenvalue weighted by atomic mass is 32.2. The van der Waals surface area contributed by atoms with Crippen LogP contribution in [-0.2, 0) is 20.9 Å². The van der Waals surface area contributed by atoms with Gasteiger partial charge in [-0.15, -0.1) is 5.10 Å². The molecule has 1 heterocycles. The number of amides is 1. The van der Waals surface area contributed by atoms with Gasteiger partial charge in [-0.25, -0.2) is 4.79 Å². The Bertz CT molecular complexity index is 812. The van der Waals surface area contributed by atoms with E-state index in [1.54, 1.807) is 6.21 Å². The molecule has 1 saturated heterocycles. The zero-order valence-electron chi connectivity index (χ0n) is 17.9. The van der Waals surface area contributed by atoms with Gasteiger partial charge in [0, 0.05) is 12.6 Å². The van der Waals surface area contributed by atoms with E-state index in [1.165, 1.54) is 38.4 Å². The first-order valence-corrected chi connectivity index (χ1v) is 11.1. The number of esters is 1. The van der Waals surface area contributed by atoms with Gasteiger partial charge in [-0.1, -0.05) is 51.0 Å². The molecule has 1 amide bonds. The summed E-state index contributed by atoms with van der Waals surface area (Å²) < 4.78 is 4.55. The maximum Gasteiger partial charge on any atom is 0.331 e. The summed E-state index contributed by atoms with van der Waals surface area (Å²) >= 11 is 1.06. The van der Waals surface area contributed by atoms with Crippen LogP contribution in [0, 0.1) is 0 Å². The zero-order valence-corrected chi connectivity index (χ0v) is 18.7. The van der Waals surface area contributed by atoms with Gasteiger partial charge in [-0.2, -0.15) is 5.10 Å². The second-order valence-corrected chi connectivity index (χ2v) is 7.95. The summed E-state index contributed by atoms with van der Waals surface area (Å²) in [6.45, 7) is 7.47. The van der Waals surface area contributed by atoms with Gasteiger partial charge in [0.05, 0.1) is 18.2 Å². The number of nitrogens with one attached hydrogen (secondary N) is 1. The minimum absolute atomic E-state index is 0.235. The lowest BCUT2D eigenvalue weighted by molar-refractivity contribution is -0.135. The van der Waals surface area contributed by atoms with Crippen LogP contribution in [0.5, 0.6) is 0 Å². The zero-order chi connectivity index (χ0) is 21.8. The highest BCUT2D eigenvalue weighted by molar-refractivity contribution is 8.18. The molecule has 1 N–H and O–H groups in total. The smallest absolute Gasteiger partial charge is 0.331 e. The third-order valence-electron chi connectivity index (χ3n) is 4.55. The van der Waals surface area contributed by atoms with E-state index in [9.17, 15) is 9.59 Å². The van der Waals surface area contributed by atoms with Crippen LogP contribution in [0.3, 0.4) is 0 Å². The lowest BCUT2D eigenvalue weighted by Gasteiger charge is -2.22. The predicted octanol–water partition coefficient (Wildman–Crippen LogP) is 3.70. The molecule has 2 rings (SSSR count). The molecule has 1 aliphatic rings. The molecule has 8 heteroatoms. The largest absolute Gasteiger partial charge is 0.466 e. The number of amidine groups is 1. The monoisotopic (exact) mass is 430 g/mol. The van der Waals surface area contributed by atoms with Gasteiger partial charge in [0.1, 0.15) is 0 Å². The molecular formula is C22H30N4O3S. The molecule has 0 atom stereocenters. The molecule has 0 radical (unpaired) electrons. The topological polar surface area (TPSA) is 83.4 Å². The average Bonchev–Trinajstić information content (AvgIpc) is 3.09. The Morgan fingerprint density at radius 1 is 1.20 bits per heavy atom. The van der Waals surface area contributed by atoms with Crippen LogP contribution in [-0.4, -0.2) is 48.4 Å². The van der Waals surface area contributed by atoms with Gasteiger partial charge in [-0.05, 0) is 48.8 Å². The second-order valence-electron chi connectivity index (χ2n) is 6.92. The van der Waals surface area contributed by atoms with Gasteiger partial charge in [0.25, 0.3) is 5.91 Å². The highest BCUT2D eigenvalue weighted by Crippen LogP contribution is 2.23. The molecule has 162 valence electrons. The molecule has 1 aromatic rings. The van der Waals surface area contributed by atoms with Crippen LogP contribution in [0.1, 0.15) is 50.7 Å². The van der Waals surface area contributed by atoms with Crippen LogP contribution in [0.25, 0.3) is 0 Å². The third-order valence-corrected chi connectivity index (χ3v) is 5.45. The molecule has 1 fully saturated rings. The highest BCUT2D eigenvalue weighted by Gasteiger charge is 2.25. The van der Waals surface area contributed by atoms with Crippen LogP contribution in [0.4, 0.5) is 0 Å². The Morgan fingerprint density at radius 3 is 2.57 bits per heavy atom. The predicted molar refractivity (Wildman–Crippen MR) is 122 cm³/mol. The first-order valence-electron chi connectivity index (χ1n) is 10.3. The van der Waals surface area contributed by atoms with E-state index < -0.39 is 5.97 Å². The van der Waals surface area contributed by atoms with Gasteiger partial charge in [-0.3, -0.25) is 15.0 Å². The molecule has 0 saturated carbocycles. The van der Waals surface area contributed by atoms with Crippen molar-refractivity contribution < 1.29 is 14.3 Å². The van der Waals surface area contributed by atoms with Crippen molar-refractivity contribution in [3.63, 3.8) is 0 Å². The maximum atomic E-state index is 11.9. The quantitative estimate of drug-likeness (QED) is 0.250. The standard InChI is InChI=1S/C22H30N4O3S/c1-4-6-12-26(13-7-5-2)16-18-11-9-8-10-17(18)15-23-25-22-24-21(28)19(30-22)14-20(27)29-3/h8-11,14-15H,4-7,12-13,16H2,1-3H3,(H,24,25,28)/b19-14+,23-15?. The lowest BCUT2D eigenvalue weighted by Crippen LogP contribution is -2.26. The Morgan fingerprint density at radius 2 is 1.90 bits per heavy atom. The molecule has 0 aromatic heterocycles. The van der Waals surface area contributed by atoms with E-state index >= 15 is 0 Å². The van der Waals surface area contributed by atoms with Crippen molar-refractivity contribution >= 4 is 35.0 Å². The molecule has 0 bridgehead atoms. The van der Waals surface area contributed by atoms with Crippen LogP contribution in [0.2, 0.25) is 0 Å².